The van der Waals surface area contributed by atoms with Crippen molar-refractivity contribution in [3.8, 4) is 5.75 Å². The van der Waals surface area contributed by atoms with Crippen LogP contribution >= 0.6 is 27.7 Å². The Bertz CT molecular complexity index is 1150. The Balaban J connectivity index is 1.86. The van der Waals surface area contributed by atoms with Crippen LogP contribution in [0.2, 0.25) is 0 Å². The van der Waals surface area contributed by atoms with Crippen molar-refractivity contribution in [3.63, 3.8) is 0 Å². The van der Waals surface area contributed by atoms with Crippen molar-refractivity contribution in [3.05, 3.63) is 62.6 Å². The molecule has 2 aromatic carbocycles. The van der Waals surface area contributed by atoms with E-state index >= 15 is 0 Å². The largest absolute Gasteiger partial charge is 0.496 e. The summed E-state index contributed by atoms with van der Waals surface area (Å²) < 4.78 is 6.29. The lowest BCUT2D eigenvalue weighted by molar-refractivity contribution is -0.116. The summed E-state index contributed by atoms with van der Waals surface area (Å²) in [6.07, 6.45) is 1.74. The van der Waals surface area contributed by atoms with Crippen LogP contribution in [0.3, 0.4) is 0 Å². The van der Waals surface area contributed by atoms with E-state index in [-0.39, 0.29) is 5.91 Å². The van der Waals surface area contributed by atoms with Crippen LogP contribution in [0.15, 0.2) is 51.0 Å². The fourth-order valence-corrected chi connectivity index (χ4v) is 4.81. The number of halogens is 1. The second kappa shape index (κ2) is 8.81. The quantitative estimate of drug-likeness (QED) is 0.657. The minimum absolute atomic E-state index is 0.159. The third kappa shape index (κ3) is 3.98. The van der Waals surface area contributed by atoms with Crippen molar-refractivity contribution in [1.29, 1.82) is 0 Å². The maximum absolute atomic E-state index is 13.1. The van der Waals surface area contributed by atoms with Crippen LogP contribution in [-0.2, 0) is 4.79 Å². The highest BCUT2D eigenvalue weighted by molar-refractivity contribution is 9.10. The standard InChI is InChI=1S/C22H23BrN4O2S/c1-4-5-10-30-22-25-21(28)19-16-12-15(23)7-8-17(16)24-20(27(19)26-22)14-6-9-18(29-3)13(2)11-14/h6-9,11-12,20H,4-5,10H2,1-3H3,(H,25,26,28)/t20-/m0/s1. The number of carbonyl (C=O) groups excluding carboxylic acids is 1. The average Bonchev–Trinajstić information content (AvgIpc) is 2.73. The zero-order valence-electron chi connectivity index (χ0n) is 17.1. The number of hydrogen-bond acceptors (Lipinski definition) is 6. The Labute approximate surface area is 188 Å². The molecule has 4 rings (SSSR count). The second-order valence-corrected chi connectivity index (χ2v) is 9.15. The Morgan fingerprint density at radius 1 is 1.27 bits per heavy atom. The van der Waals surface area contributed by atoms with Crippen molar-refractivity contribution < 1.29 is 9.53 Å². The number of nitrogens with one attached hydrogen (secondary N) is 1. The number of hydrogen-bond donors (Lipinski definition) is 1. The molecule has 2 heterocycles. The lowest BCUT2D eigenvalue weighted by Gasteiger charge is -2.34. The highest BCUT2D eigenvalue weighted by Gasteiger charge is 2.34. The maximum Gasteiger partial charge on any atom is 0.276 e. The van der Waals surface area contributed by atoms with Crippen molar-refractivity contribution in [2.45, 2.75) is 32.9 Å². The van der Waals surface area contributed by atoms with Crippen LogP contribution in [0.5, 0.6) is 5.75 Å². The van der Waals surface area contributed by atoms with Gasteiger partial charge in [-0.2, -0.15) is 0 Å². The van der Waals surface area contributed by atoms with E-state index in [1.165, 1.54) is 0 Å². The van der Waals surface area contributed by atoms with Gasteiger partial charge in [-0.15, -0.1) is 5.10 Å². The summed E-state index contributed by atoms with van der Waals surface area (Å²) in [6.45, 7) is 4.15. The van der Waals surface area contributed by atoms with Gasteiger partial charge < -0.3 is 4.74 Å². The SMILES string of the molecule is CCCCSC1=NN2C(=c3cc(Br)ccc3=N[C@@H]2c2ccc(OC)c(C)c2)C(=O)N1. The molecular weight excluding hydrogens is 464 g/mol. The highest BCUT2D eigenvalue weighted by Crippen LogP contribution is 2.33. The van der Waals surface area contributed by atoms with Gasteiger partial charge in [0, 0.05) is 15.4 Å². The van der Waals surface area contributed by atoms with E-state index in [4.69, 9.17) is 14.8 Å². The summed E-state index contributed by atoms with van der Waals surface area (Å²) in [6, 6.07) is 11.7. The number of amidine groups is 1. The molecule has 30 heavy (non-hydrogen) atoms. The van der Waals surface area contributed by atoms with Crippen LogP contribution in [-0.4, -0.2) is 28.9 Å². The monoisotopic (exact) mass is 486 g/mol. The topological polar surface area (TPSA) is 66.3 Å². The first-order chi connectivity index (χ1) is 14.5. The molecule has 0 aliphatic carbocycles. The number of hydrazone groups is 1. The molecule has 0 radical (unpaired) electrons. The summed E-state index contributed by atoms with van der Waals surface area (Å²) in [5.41, 5.74) is 2.48. The van der Waals surface area contributed by atoms with Gasteiger partial charge in [-0.3, -0.25) is 15.1 Å². The number of fused-ring (bicyclic) bond motifs is 2. The summed E-state index contributed by atoms with van der Waals surface area (Å²) in [4.78, 5) is 18.1. The molecule has 1 atom stereocenters. The number of unbranched alkanes of at least 4 members (excludes halogenated alkanes) is 1. The molecule has 156 valence electrons. The van der Waals surface area contributed by atoms with E-state index in [0.29, 0.717) is 10.9 Å². The summed E-state index contributed by atoms with van der Waals surface area (Å²) >= 11 is 5.07. The first-order valence-electron chi connectivity index (χ1n) is 9.86. The van der Waals surface area contributed by atoms with Crippen LogP contribution in [0.4, 0.5) is 0 Å². The minimum Gasteiger partial charge on any atom is -0.496 e. The van der Waals surface area contributed by atoms with Gasteiger partial charge >= 0.3 is 0 Å². The molecule has 1 N–H and O–H groups in total. The molecule has 2 aliphatic heterocycles. The van der Waals surface area contributed by atoms with Crippen LogP contribution in [0, 0.1) is 6.92 Å². The smallest absolute Gasteiger partial charge is 0.276 e. The molecule has 1 amide bonds. The van der Waals surface area contributed by atoms with Gasteiger partial charge in [-0.1, -0.05) is 47.1 Å². The Hall–Kier alpha value is -2.32. The van der Waals surface area contributed by atoms with E-state index in [1.807, 2.05) is 43.3 Å². The van der Waals surface area contributed by atoms with Gasteiger partial charge in [0.15, 0.2) is 11.3 Å². The average molecular weight is 487 g/mol. The summed E-state index contributed by atoms with van der Waals surface area (Å²) in [5, 5.41) is 11.7. The molecule has 0 spiro atoms. The van der Waals surface area contributed by atoms with Gasteiger partial charge in [0.05, 0.1) is 12.5 Å². The summed E-state index contributed by atoms with van der Waals surface area (Å²) in [5.74, 6) is 1.57. The lowest BCUT2D eigenvalue weighted by atomic mass is 10.1. The number of rotatable bonds is 5. The normalized spacial score (nSPS) is 17.5. The van der Waals surface area contributed by atoms with Gasteiger partial charge in [0.25, 0.3) is 5.91 Å². The number of thioether (sulfide) groups is 1. The molecule has 0 aromatic heterocycles. The zero-order valence-corrected chi connectivity index (χ0v) is 19.5. The minimum atomic E-state index is -0.425. The highest BCUT2D eigenvalue weighted by atomic mass is 79.9. The van der Waals surface area contributed by atoms with Crippen molar-refractivity contribution >= 4 is 44.5 Å². The van der Waals surface area contributed by atoms with Gasteiger partial charge in [-0.25, -0.2) is 5.01 Å². The number of amides is 1. The number of aryl methyl sites for hydroxylation is 1. The maximum atomic E-state index is 13.1. The molecule has 0 saturated carbocycles. The van der Waals surface area contributed by atoms with E-state index in [1.54, 1.807) is 23.9 Å². The molecule has 0 fully saturated rings. The number of benzene rings is 2. The third-order valence-electron chi connectivity index (χ3n) is 5.02. The van der Waals surface area contributed by atoms with E-state index in [9.17, 15) is 4.79 Å². The zero-order chi connectivity index (χ0) is 21.3. The van der Waals surface area contributed by atoms with Gasteiger partial charge in [-0.05, 0) is 54.8 Å². The molecule has 0 bridgehead atoms. The van der Waals surface area contributed by atoms with Crippen molar-refractivity contribution in [2.75, 3.05) is 12.9 Å². The fraction of sp³-hybridized carbons (Fsp3) is 0.318. The third-order valence-corrected chi connectivity index (χ3v) is 6.47. The number of ether oxygens (including phenoxy) is 1. The Morgan fingerprint density at radius 2 is 2.10 bits per heavy atom. The Morgan fingerprint density at radius 3 is 2.83 bits per heavy atom. The molecule has 8 heteroatoms. The second-order valence-electron chi connectivity index (χ2n) is 7.15. The van der Waals surface area contributed by atoms with Crippen molar-refractivity contribution in [2.24, 2.45) is 10.1 Å². The Kier molecular flexibility index (Phi) is 6.15. The first kappa shape index (κ1) is 20.9. The molecule has 0 saturated heterocycles. The van der Waals surface area contributed by atoms with E-state index in [0.717, 1.165) is 50.5 Å². The van der Waals surface area contributed by atoms with Crippen LogP contribution < -0.4 is 20.6 Å². The molecule has 2 aromatic rings. The van der Waals surface area contributed by atoms with Crippen LogP contribution in [0.25, 0.3) is 5.70 Å². The fourth-order valence-electron chi connectivity index (χ4n) is 3.51. The molecule has 0 unspecified atom stereocenters. The predicted molar refractivity (Wildman–Crippen MR) is 124 cm³/mol. The lowest BCUT2D eigenvalue weighted by Crippen LogP contribution is -2.50. The molecule has 6 nitrogen and oxygen atoms in total. The van der Waals surface area contributed by atoms with E-state index in [2.05, 4.69) is 28.2 Å². The van der Waals surface area contributed by atoms with Crippen molar-refractivity contribution in [1.82, 2.24) is 10.3 Å². The number of nitrogens with zero attached hydrogens (tertiary/aromatic N) is 3. The van der Waals surface area contributed by atoms with Gasteiger partial charge in [0.2, 0.25) is 0 Å². The molecule has 2 aliphatic rings. The predicted octanol–water partition coefficient (Wildman–Crippen LogP) is 3.44. The first-order valence-corrected chi connectivity index (χ1v) is 11.6. The van der Waals surface area contributed by atoms with E-state index < -0.39 is 6.17 Å². The molecular formula is C22H23BrN4O2S. The number of carbonyl (C=O) groups is 1. The summed E-state index contributed by atoms with van der Waals surface area (Å²) in [7, 11) is 1.66. The number of methoxy groups -OCH3 is 1. The van der Waals surface area contributed by atoms with Gasteiger partial charge in [0.1, 0.15) is 11.4 Å². The van der Waals surface area contributed by atoms with Crippen LogP contribution in [0.1, 0.15) is 37.1 Å².